The molecule has 0 bridgehead atoms. The Bertz CT molecular complexity index is 387. The Kier molecular flexibility index (Phi) is 22.6. The SMILES string of the molecule is CCCCCCCCCCCCCC(O)CCCC(CC)S(=O)(=O)[O-].[K+]. The zero-order valence-corrected chi connectivity index (χ0v) is 21.5. The molecule has 0 saturated carbocycles. The Morgan fingerprint density at radius 2 is 1.15 bits per heavy atom. The summed E-state index contributed by atoms with van der Waals surface area (Å²) in [5.41, 5.74) is 0. The van der Waals surface area contributed by atoms with Crippen molar-refractivity contribution >= 4 is 10.1 Å². The number of unbranched alkanes of at least 4 members (excludes halogenated alkanes) is 10. The fourth-order valence-corrected chi connectivity index (χ4v) is 4.19. The number of aliphatic hydroxyl groups is 1. The van der Waals surface area contributed by atoms with Gasteiger partial charge in [-0.3, -0.25) is 0 Å². The minimum atomic E-state index is -4.18. The molecule has 4 nitrogen and oxygen atoms in total. The van der Waals surface area contributed by atoms with Crippen molar-refractivity contribution in [3.8, 4) is 0 Å². The first-order valence-corrected chi connectivity index (χ1v) is 12.0. The van der Waals surface area contributed by atoms with Crippen LogP contribution in [0.25, 0.3) is 0 Å². The predicted molar refractivity (Wildman–Crippen MR) is 105 cm³/mol. The molecule has 0 aliphatic carbocycles. The maximum atomic E-state index is 11.0. The largest absolute Gasteiger partial charge is 1.00 e. The van der Waals surface area contributed by atoms with E-state index < -0.39 is 15.4 Å². The summed E-state index contributed by atoms with van der Waals surface area (Å²) in [6.07, 6.45) is 16.6. The number of aliphatic hydroxyl groups excluding tert-OH is 1. The van der Waals surface area contributed by atoms with Gasteiger partial charge < -0.3 is 9.66 Å². The standard InChI is InChI=1S/C20H42O4S.K/c1-3-5-6-7-8-9-10-11-12-13-14-16-19(21)17-15-18-20(4-2)25(22,23)24;/h19-21H,3-18H2,1-2H3,(H,22,23,24);/q;+1/p-1. The average Bonchev–Trinajstić information content (AvgIpc) is 2.55. The number of rotatable bonds is 18. The van der Waals surface area contributed by atoms with E-state index in [-0.39, 0.29) is 57.5 Å². The molecule has 0 aliphatic rings. The van der Waals surface area contributed by atoms with Crippen molar-refractivity contribution in [2.75, 3.05) is 0 Å². The van der Waals surface area contributed by atoms with Gasteiger partial charge in [-0.05, 0) is 32.1 Å². The molecule has 26 heavy (non-hydrogen) atoms. The van der Waals surface area contributed by atoms with Crippen LogP contribution in [0.3, 0.4) is 0 Å². The van der Waals surface area contributed by atoms with E-state index in [9.17, 15) is 18.1 Å². The van der Waals surface area contributed by atoms with E-state index >= 15 is 0 Å². The van der Waals surface area contributed by atoms with Gasteiger partial charge in [-0.1, -0.05) is 84.5 Å². The van der Waals surface area contributed by atoms with Crippen LogP contribution in [0.4, 0.5) is 0 Å². The Morgan fingerprint density at radius 1 is 0.731 bits per heavy atom. The van der Waals surface area contributed by atoms with Crippen LogP contribution in [-0.4, -0.2) is 29.4 Å². The Labute approximate surface area is 205 Å². The first kappa shape index (κ1) is 29.7. The summed E-state index contributed by atoms with van der Waals surface area (Å²) in [5.74, 6) is 0. The summed E-state index contributed by atoms with van der Waals surface area (Å²) < 4.78 is 33.0. The third-order valence-corrected chi connectivity index (χ3v) is 6.45. The van der Waals surface area contributed by atoms with Gasteiger partial charge in [0.1, 0.15) is 0 Å². The molecule has 0 amide bonds. The van der Waals surface area contributed by atoms with Gasteiger partial charge in [0.25, 0.3) is 0 Å². The van der Waals surface area contributed by atoms with Gasteiger partial charge in [0, 0.05) is 5.25 Å². The summed E-state index contributed by atoms with van der Waals surface area (Å²) in [7, 11) is -4.18. The van der Waals surface area contributed by atoms with E-state index in [4.69, 9.17) is 0 Å². The first-order valence-electron chi connectivity index (χ1n) is 10.5. The van der Waals surface area contributed by atoms with Crippen LogP contribution in [0.2, 0.25) is 0 Å². The van der Waals surface area contributed by atoms with E-state index in [1.807, 2.05) is 0 Å². The Morgan fingerprint density at radius 3 is 1.58 bits per heavy atom. The molecule has 0 aromatic heterocycles. The molecule has 152 valence electrons. The van der Waals surface area contributed by atoms with Crippen molar-refractivity contribution in [2.24, 2.45) is 0 Å². The molecule has 0 fully saturated rings. The Balaban J connectivity index is 0. The third-order valence-electron chi connectivity index (χ3n) is 5.07. The van der Waals surface area contributed by atoms with Crippen LogP contribution in [0.1, 0.15) is 117 Å². The van der Waals surface area contributed by atoms with Gasteiger partial charge >= 0.3 is 51.4 Å². The van der Waals surface area contributed by atoms with Crippen molar-refractivity contribution in [2.45, 2.75) is 128 Å². The molecular formula is C20H41KO4S. The molecule has 0 heterocycles. The second-order valence-corrected chi connectivity index (χ2v) is 9.08. The average molecular weight is 417 g/mol. The van der Waals surface area contributed by atoms with E-state index in [2.05, 4.69) is 6.92 Å². The van der Waals surface area contributed by atoms with Crippen molar-refractivity contribution in [1.29, 1.82) is 0 Å². The summed E-state index contributed by atoms with van der Waals surface area (Å²) >= 11 is 0. The molecule has 0 rings (SSSR count). The van der Waals surface area contributed by atoms with Gasteiger partial charge in [0.05, 0.1) is 16.2 Å². The number of hydrogen-bond donors (Lipinski definition) is 1. The molecule has 0 aromatic carbocycles. The molecule has 0 radical (unpaired) electrons. The van der Waals surface area contributed by atoms with Crippen LogP contribution in [0.15, 0.2) is 0 Å². The predicted octanol–water partition coefficient (Wildman–Crippen LogP) is 2.55. The molecule has 0 aliphatic heterocycles. The molecule has 0 spiro atoms. The molecule has 2 unspecified atom stereocenters. The molecule has 2 atom stereocenters. The second kappa shape index (κ2) is 19.8. The monoisotopic (exact) mass is 416 g/mol. The quantitative estimate of drug-likeness (QED) is 0.212. The normalized spacial score (nSPS) is 14.0. The maximum absolute atomic E-state index is 11.0. The van der Waals surface area contributed by atoms with E-state index in [1.54, 1.807) is 6.92 Å². The number of hydrogen-bond acceptors (Lipinski definition) is 4. The fraction of sp³-hybridized carbons (Fsp3) is 1.00. The maximum Gasteiger partial charge on any atom is 1.00 e. The van der Waals surface area contributed by atoms with Crippen LogP contribution < -0.4 is 51.4 Å². The van der Waals surface area contributed by atoms with Crippen molar-refractivity contribution < 1.29 is 69.5 Å². The third kappa shape index (κ3) is 18.9. The van der Waals surface area contributed by atoms with Crippen LogP contribution in [0.5, 0.6) is 0 Å². The smallest absolute Gasteiger partial charge is 0.748 e. The van der Waals surface area contributed by atoms with Gasteiger partial charge in [0.2, 0.25) is 0 Å². The minimum absolute atomic E-state index is 0. The van der Waals surface area contributed by atoms with Crippen molar-refractivity contribution in [3.05, 3.63) is 0 Å². The van der Waals surface area contributed by atoms with Gasteiger partial charge in [0.15, 0.2) is 0 Å². The van der Waals surface area contributed by atoms with E-state index in [0.29, 0.717) is 25.7 Å². The van der Waals surface area contributed by atoms with E-state index in [1.165, 1.54) is 64.2 Å². The second-order valence-electron chi connectivity index (χ2n) is 7.43. The van der Waals surface area contributed by atoms with Crippen molar-refractivity contribution in [3.63, 3.8) is 0 Å². The summed E-state index contributed by atoms with van der Waals surface area (Å²) in [5, 5.41) is 9.16. The summed E-state index contributed by atoms with van der Waals surface area (Å²) in [6, 6.07) is 0. The van der Waals surface area contributed by atoms with Crippen LogP contribution in [-0.2, 0) is 10.1 Å². The molecule has 0 aromatic rings. The van der Waals surface area contributed by atoms with Gasteiger partial charge in [-0.15, -0.1) is 0 Å². The Hall–Kier alpha value is 1.51. The fourth-order valence-electron chi connectivity index (χ4n) is 3.32. The van der Waals surface area contributed by atoms with Gasteiger partial charge in [-0.25, -0.2) is 8.42 Å². The zero-order chi connectivity index (χ0) is 19.0. The van der Waals surface area contributed by atoms with Gasteiger partial charge in [-0.2, -0.15) is 0 Å². The summed E-state index contributed by atoms with van der Waals surface area (Å²) in [6.45, 7) is 3.97. The molecule has 1 N–H and O–H groups in total. The van der Waals surface area contributed by atoms with Crippen LogP contribution in [0, 0.1) is 0 Å². The minimum Gasteiger partial charge on any atom is -0.748 e. The topological polar surface area (TPSA) is 77.4 Å². The first-order chi connectivity index (χ1) is 11.9. The summed E-state index contributed by atoms with van der Waals surface area (Å²) in [4.78, 5) is 0. The molecule has 6 heteroatoms. The molecule has 0 saturated heterocycles. The van der Waals surface area contributed by atoms with Crippen LogP contribution >= 0.6 is 0 Å². The zero-order valence-electron chi connectivity index (χ0n) is 17.5. The van der Waals surface area contributed by atoms with Crippen molar-refractivity contribution in [1.82, 2.24) is 0 Å². The van der Waals surface area contributed by atoms with E-state index in [0.717, 1.165) is 12.8 Å². The molecular weight excluding hydrogens is 375 g/mol.